The number of phenolic OH excluding ortho intramolecular Hbond substituents is 3. The van der Waals surface area contributed by atoms with Crippen LogP contribution in [-0.2, 0) is 54.9 Å². The fourth-order valence-electron chi connectivity index (χ4n) is 9.25. The van der Waals surface area contributed by atoms with E-state index in [0.29, 0.717) is 36.7 Å². The fraction of sp³-hybridized carbons (Fsp3) is 0.703. The van der Waals surface area contributed by atoms with E-state index in [1.165, 1.54) is 101 Å². The molecule has 0 aromatic heterocycles. The van der Waals surface area contributed by atoms with Gasteiger partial charge in [0.1, 0.15) is 17.2 Å². The molecule has 0 radical (unpaired) electrons. The second-order valence-electron chi connectivity index (χ2n) is 26.8. The molecule has 0 saturated heterocycles. The zero-order valence-electron chi connectivity index (χ0n) is 48.3. The van der Waals surface area contributed by atoms with Crippen LogP contribution < -0.4 is 0 Å². The molecule has 5 nitrogen and oxygen atoms in total. The number of rotatable bonds is 22. The van der Waals surface area contributed by atoms with E-state index in [1.54, 1.807) is 0 Å². The molecule has 0 atom stereocenters. The van der Waals surface area contributed by atoms with Gasteiger partial charge in [0.25, 0.3) is 0 Å². The normalized spacial score (nSPS) is 12.8. The van der Waals surface area contributed by atoms with Crippen molar-refractivity contribution >= 4 is 5.97 Å². The first-order valence-electron chi connectivity index (χ1n) is 27.5. The quantitative estimate of drug-likeness (QED) is 0.0690. The largest absolute Gasteiger partial charge is 0.507 e. The Morgan fingerprint density at radius 1 is 0.377 bits per heavy atom. The minimum absolute atomic E-state index is 0.117. The standard InChI is InChI=1S/C35H62O3.C29H44O2/c1-8-9-10-11-12-13-14-15-16-17-18-19-20-21-22-23-26-38-32(36)25-24-29-27-30(34(2,3)4)33(37)31(28-29)35(5,6)7;1-26(2,3)20-14-18(15-21(24(20)30)27(4,5)6)13-19-16-22(28(7,8)9)25(31)23(17-19)29(10,11)12/h27-28,37H,8-26H2,1-7H3;14-17,30-31H,13H2,1-12H3. The van der Waals surface area contributed by atoms with Crippen molar-refractivity contribution in [1.82, 2.24) is 0 Å². The predicted molar refractivity (Wildman–Crippen MR) is 298 cm³/mol. The first-order chi connectivity index (χ1) is 31.7. The molecule has 3 N–H and O–H groups in total. The summed E-state index contributed by atoms with van der Waals surface area (Å²) in [5.74, 6) is 1.11. The smallest absolute Gasteiger partial charge is 0.306 e. The van der Waals surface area contributed by atoms with Gasteiger partial charge in [0, 0.05) is 6.42 Å². The number of aryl methyl sites for hydroxylation is 1. The molecule has 5 heteroatoms. The lowest BCUT2D eigenvalue weighted by atomic mass is 9.76. The highest BCUT2D eigenvalue weighted by atomic mass is 16.5. The van der Waals surface area contributed by atoms with Gasteiger partial charge in [-0.25, -0.2) is 0 Å². The van der Waals surface area contributed by atoms with E-state index in [9.17, 15) is 20.1 Å². The fourth-order valence-corrected chi connectivity index (χ4v) is 9.25. The first-order valence-corrected chi connectivity index (χ1v) is 27.5. The van der Waals surface area contributed by atoms with Crippen LogP contribution in [0.5, 0.6) is 17.2 Å². The topological polar surface area (TPSA) is 87.0 Å². The molecule has 69 heavy (non-hydrogen) atoms. The number of carbonyl (C=O) groups excluding carboxylic acids is 1. The van der Waals surface area contributed by atoms with Gasteiger partial charge in [-0.1, -0.05) is 264 Å². The van der Waals surface area contributed by atoms with E-state index in [2.05, 4.69) is 168 Å². The Bertz CT molecular complexity index is 1820. The summed E-state index contributed by atoms with van der Waals surface area (Å²) in [6, 6.07) is 12.8. The van der Waals surface area contributed by atoms with Crippen LogP contribution in [0, 0.1) is 0 Å². The van der Waals surface area contributed by atoms with E-state index < -0.39 is 0 Å². The second kappa shape index (κ2) is 26.8. The van der Waals surface area contributed by atoms with Gasteiger partial charge in [-0.05, 0) is 102 Å². The van der Waals surface area contributed by atoms with Crippen LogP contribution in [0.25, 0.3) is 0 Å². The summed E-state index contributed by atoms with van der Waals surface area (Å²) < 4.78 is 5.51. The number of aromatic hydroxyl groups is 3. The van der Waals surface area contributed by atoms with Gasteiger partial charge in [0.15, 0.2) is 0 Å². The predicted octanol–water partition coefficient (Wildman–Crippen LogP) is 18.6. The Hall–Kier alpha value is -3.47. The molecule has 0 heterocycles. The maximum absolute atomic E-state index is 12.3. The van der Waals surface area contributed by atoms with Crippen molar-refractivity contribution in [2.24, 2.45) is 0 Å². The zero-order valence-corrected chi connectivity index (χ0v) is 48.3. The molecule has 0 unspecified atom stereocenters. The van der Waals surface area contributed by atoms with E-state index in [1.807, 2.05) is 0 Å². The summed E-state index contributed by atoms with van der Waals surface area (Å²) in [7, 11) is 0. The summed E-state index contributed by atoms with van der Waals surface area (Å²) in [5, 5.41) is 33.0. The van der Waals surface area contributed by atoms with E-state index in [4.69, 9.17) is 4.74 Å². The summed E-state index contributed by atoms with van der Waals surface area (Å²) in [6.45, 7) is 41.3. The lowest BCUT2D eigenvalue weighted by Crippen LogP contribution is -2.19. The monoisotopic (exact) mass is 955 g/mol. The van der Waals surface area contributed by atoms with Gasteiger partial charge >= 0.3 is 5.97 Å². The number of ether oxygens (including phenoxy) is 1. The van der Waals surface area contributed by atoms with Gasteiger partial charge < -0.3 is 20.1 Å². The first kappa shape index (κ1) is 61.6. The summed E-state index contributed by atoms with van der Waals surface area (Å²) in [5.41, 5.74) is 8.40. The third-order valence-corrected chi connectivity index (χ3v) is 13.6. The van der Waals surface area contributed by atoms with Crippen molar-refractivity contribution in [2.75, 3.05) is 6.61 Å². The minimum atomic E-state index is -0.159. The molecule has 0 amide bonds. The summed E-state index contributed by atoms with van der Waals surface area (Å²) in [4.78, 5) is 12.3. The molecule has 0 aliphatic heterocycles. The molecule has 0 aliphatic carbocycles. The summed E-state index contributed by atoms with van der Waals surface area (Å²) >= 11 is 0. The number of unbranched alkanes of at least 4 members (excludes halogenated alkanes) is 15. The number of carbonyl (C=O) groups is 1. The van der Waals surface area contributed by atoms with Crippen molar-refractivity contribution < 1.29 is 24.9 Å². The highest BCUT2D eigenvalue weighted by Gasteiger charge is 2.30. The van der Waals surface area contributed by atoms with Crippen molar-refractivity contribution in [2.45, 2.75) is 286 Å². The van der Waals surface area contributed by atoms with Crippen LogP contribution in [0.3, 0.4) is 0 Å². The number of phenols is 3. The number of esters is 1. The van der Waals surface area contributed by atoms with E-state index in [-0.39, 0.29) is 38.5 Å². The molecule has 3 aromatic rings. The number of hydrogen-bond acceptors (Lipinski definition) is 5. The minimum Gasteiger partial charge on any atom is -0.507 e. The number of benzene rings is 3. The van der Waals surface area contributed by atoms with Gasteiger partial charge in [0.05, 0.1) is 6.61 Å². The van der Waals surface area contributed by atoms with E-state index >= 15 is 0 Å². The maximum Gasteiger partial charge on any atom is 0.306 e. The third kappa shape index (κ3) is 21.4. The Balaban J connectivity index is 0.000000483. The molecule has 0 bridgehead atoms. The molecule has 3 rings (SSSR count). The molecule has 392 valence electrons. The Morgan fingerprint density at radius 2 is 0.609 bits per heavy atom. The molecule has 0 aliphatic rings. The van der Waals surface area contributed by atoms with Crippen LogP contribution in [0.4, 0.5) is 0 Å². The molecule has 0 saturated carbocycles. The molecular weight excluding hydrogens is 849 g/mol. The SMILES string of the molecule is CC(C)(C)c1cc(Cc2cc(C(C)(C)C)c(O)c(C(C)(C)C)c2)cc(C(C)(C)C)c1O.CCCCCCCCCCCCCCCCCCOC(=O)CCc1cc(C(C)(C)C)c(O)c(C(C)(C)C)c1. The molecule has 3 aromatic carbocycles. The zero-order chi connectivity index (χ0) is 52.6. The average molecular weight is 956 g/mol. The van der Waals surface area contributed by atoms with Crippen molar-refractivity contribution in [3.63, 3.8) is 0 Å². The van der Waals surface area contributed by atoms with Gasteiger partial charge in [-0.2, -0.15) is 0 Å². The second-order valence-corrected chi connectivity index (χ2v) is 26.8. The maximum atomic E-state index is 12.3. The third-order valence-electron chi connectivity index (χ3n) is 13.6. The van der Waals surface area contributed by atoms with Gasteiger partial charge in [0.2, 0.25) is 0 Å². The van der Waals surface area contributed by atoms with Crippen LogP contribution in [0.1, 0.15) is 291 Å². The van der Waals surface area contributed by atoms with Gasteiger partial charge in [-0.15, -0.1) is 0 Å². The van der Waals surface area contributed by atoms with Crippen LogP contribution >= 0.6 is 0 Å². The van der Waals surface area contributed by atoms with Crippen LogP contribution in [0.15, 0.2) is 36.4 Å². The van der Waals surface area contributed by atoms with Gasteiger partial charge in [-0.3, -0.25) is 4.79 Å². The van der Waals surface area contributed by atoms with Crippen LogP contribution in [-0.4, -0.2) is 27.9 Å². The van der Waals surface area contributed by atoms with Crippen molar-refractivity contribution in [3.05, 3.63) is 86.5 Å². The average Bonchev–Trinajstić information content (AvgIpc) is 3.20. The summed E-state index contributed by atoms with van der Waals surface area (Å²) in [6.07, 6.45) is 23.3. The lowest BCUT2D eigenvalue weighted by molar-refractivity contribution is -0.143. The van der Waals surface area contributed by atoms with Crippen LogP contribution in [0.2, 0.25) is 0 Å². The highest BCUT2D eigenvalue weighted by molar-refractivity contribution is 5.69. The highest BCUT2D eigenvalue weighted by Crippen LogP contribution is 2.43. The Kier molecular flexibility index (Phi) is 24.0. The Labute approximate surface area is 425 Å². The van der Waals surface area contributed by atoms with Crippen molar-refractivity contribution in [3.8, 4) is 17.2 Å². The lowest BCUT2D eigenvalue weighted by Gasteiger charge is -2.29. The van der Waals surface area contributed by atoms with E-state index in [0.717, 1.165) is 58.2 Å². The Morgan fingerprint density at radius 3 is 0.855 bits per heavy atom. The molecule has 0 fully saturated rings. The molecular formula is C64H106O5. The van der Waals surface area contributed by atoms with Crippen molar-refractivity contribution in [1.29, 1.82) is 0 Å². The molecule has 0 spiro atoms. The number of hydrogen-bond donors (Lipinski definition) is 3.